The zero-order chi connectivity index (χ0) is 13.0. The Labute approximate surface area is 109 Å². The second-order valence-electron chi connectivity index (χ2n) is 4.85. The highest BCUT2D eigenvalue weighted by atomic mass is 14.9. The predicted molar refractivity (Wildman–Crippen MR) is 75.4 cm³/mol. The first-order chi connectivity index (χ1) is 8.65. The first-order valence-corrected chi connectivity index (χ1v) is 6.36. The predicted octanol–water partition coefficient (Wildman–Crippen LogP) is 3.55. The summed E-state index contributed by atoms with van der Waals surface area (Å²) in [5.74, 6) is 0. The van der Waals surface area contributed by atoms with E-state index in [9.17, 15) is 0 Å². The van der Waals surface area contributed by atoms with Crippen LogP contribution in [-0.2, 0) is 6.54 Å². The number of nitrogens with one attached hydrogen (secondary N) is 1. The van der Waals surface area contributed by atoms with E-state index in [4.69, 9.17) is 0 Å². The van der Waals surface area contributed by atoms with Gasteiger partial charge in [0.2, 0.25) is 0 Å². The molecule has 1 aromatic carbocycles. The number of aromatic nitrogens is 1. The number of rotatable bonds is 4. The van der Waals surface area contributed by atoms with Crippen LogP contribution in [0.5, 0.6) is 0 Å². The highest BCUT2D eigenvalue weighted by Crippen LogP contribution is 2.12. The average molecular weight is 240 g/mol. The van der Waals surface area contributed by atoms with Gasteiger partial charge >= 0.3 is 0 Å². The second kappa shape index (κ2) is 5.78. The molecule has 0 bridgehead atoms. The maximum atomic E-state index is 4.36. The molecule has 0 saturated heterocycles. The van der Waals surface area contributed by atoms with Gasteiger partial charge in [-0.15, -0.1) is 0 Å². The van der Waals surface area contributed by atoms with E-state index in [1.54, 1.807) is 0 Å². The lowest BCUT2D eigenvalue weighted by atomic mass is 10.1. The zero-order valence-electron chi connectivity index (χ0n) is 11.3. The van der Waals surface area contributed by atoms with E-state index in [1.165, 1.54) is 16.7 Å². The van der Waals surface area contributed by atoms with E-state index in [1.807, 2.05) is 18.3 Å². The molecule has 0 unspecified atom stereocenters. The third kappa shape index (κ3) is 3.41. The molecular weight excluding hydrogens is 220 g/mol. The van der Waals surface area contributed by atoms with Crippen LogP contribution < -0.4 is 5.32 Å². The van der Waals surface area contributed by atoms with Crippen LogP contribution in [0, 0.1) is 13.8 Å². The Hall–Kier alpha value is -1.67. The number of benzene rings is 1. The molecule has 1 aromatic heterocycles. The molecule has 0 aliphatic heterocycles. The van der Waals surface area contributed by atoms with Crippen molar-refractivity contribution in [2.75, 3.05) is 0 Å². The lowest BCUT2D eigenvalue weighted by molar-refractivity contribution is 0.561. The van der Waals surface area contributed by atoms with Crippen LogP contribution in [0.4, 0.5) is 0 Å². The zero-order valence-corrected chi connectivity index (χ0v) is 11.3. The summed E-state index contributed by atoms with van der Waals surface area (Å²) >= 11 is 0. The van der Waals surface area contributed by atoms with Gasteiger partial charge in [0.15, 0.2) is 0 Å². The number of hydrogen-bond acceptors (Lipinski definition) is 2. The minimum Gasteiger partial charge on any atom is -0.305 e. The Balaban J connectivity index is 1.99. The Morgan fingerprint density at radius 3 is 2.44 bits per heavy atom. The molecule has 2 nitrogen and oxygen atoms in total. The summed E-state index contributed by atoms with van der Waals surface area (Å²) in [6.07, 6.45) is 1.84. The number of pyridine rings is 1. The minimum absolute atomic E-state index is 0.270. The van der Waals surface area contributed by atoms with Crippen LogP contribution >= 0.6 is 0 Å². The largest absolute Gasteiger partial charge is 0.305 e. The summed E-state index contributed by atoms with van der Waals surface area (Å²) in [6, 6.07) is 12.9. The summed E-state index contributed by atoms with van der Waals surface area (Å²) in [5.41, 5.74) is 5.05. The molecule has 0 radical (unpaired) electrons. The van der Waals surface area contributed by atoms with E-state index < -0.39 is 0 Å². The molecule has 0 fully saturated rings. The SMILES string of the molecule is Cc1cc(C)cc(CN[C@H](C)c2ccccn2)c1. The molecule has 1 atom stereocenters. The van der Waals surface area contributed by atoms with Crippen molar-refractivity contribution in [2.24, 2.45) is 0 Å². The summed E-state index contributed by atoms with van der Waals surface area (Å²) in [4.78, 5) is 4.36. The first kappa shape index (κ1) is 12.8. The lowest BCUT2D eigenvalue weighted by Gasteiger charge is -2.14. The molecule has 0 aliphatic rings. The van der Waals surface area contributed by atoms with E-state index >= 15 is 0 Å². The third-order valence-electron chi connectivity index (χ3n) is 3.03. The molecule has 0 saturated carbocycles. The van der Waals surface area contributed by atoms with E-state index in [0.29, 0.717) is 0 Å². The quantitative estimate of drug-likeness (QED) is 0.884. The van der Waals surface area contributed by atoms with Crippen molar-refractivity contribution >= 4 is 0 Å². The molecule has 1 heterocycles. The molecule has 18 heavy (non-hydrogen) atoms. The van der Waals surface area contributed by atoms with Gasteiger partial charge in [-0.25, -0.2) is 0 Å². The van der Waals surface area contributed by atoms with Crippen molar-refractivity contribution in [2.45, 2.75) is 33.4 Å². The van der Waals surface area contributed by atoms with E-state index in [0.717, 1.165) is 12.2 Å². The van der Waals surface area contributed by atoms with Gasteiger partial charge in [0, 0.05) is 18.8 Å². The summed E-state index contributed by atoms with van der Waals surface area (Å²) in [5, 5.41) is 3.51. The lowest BCUT2D eigenvalue weighted by Crippen LogP contribution is -2.19. The van der Waals surface area contributed by atoms with Gasteiger partial charge in [0.25, 0.3) is 0 Å². The van der Waals surface area contributed by atoms with Crippen LogP contribution in [0.25, 0.3) is 0 Å². The summed E-state index contributed by atoms with van der Waals surface area (Å²) < 4.78 is 0. The standard InChI is InChI=1S/C16H20N2/c1-12-8-13(2)10-15(9-12)11-18-14(3)16-6-4-5-7-17-16/h4-10,14,18H,11H2,1-3H3/t14-/m1/s1. The molecule has 2 heteroatoms. The third-order valence-corrected chi connectivity index (χ3v) is 3.03. The Kier molecular flexibility index (Phi) is 4.11. The molecule has 2 aromatic rings. The molecule has 2 rings (SSSR count). The Morgan fingerprint density at radius 1 is 1.11 bits per heavy atom. The van der Waals surface area contributed by atoms with Gasteiger partial charge in [0.05, 0.1) is 5.69 Å². The number of hydrogen-bond donors (Lipinski definition) is 1. The fourth-order valence-electron chi connectivity index (χ4n) is 2.18. The highest BCUT2D eigenvalue weighted by Gasteiger charge is 2.05. The fraction of sp³-hybridized carbons (Fsp3) is 0.312. The van der Waals surface area contributed by atoms with E-state index in [2.05, 4.69) is 55.3 Å². The van der Waals surface area contributed by atoms with Gasteiger partial charge in [-0.2, -0.15) is 0 Å². The normalized spacial score (nSPS) is 12.4. The van der Waals surface area contributed by atoms with Crippen LogP contribution in [0.2, 0.25) is 0 Å². The first-order valence-electron chi connectivity index (χ1n) is 6.36. The Morgan fingerprint density at radius 2 is 1.83 bits per heavy atom. The van der Waals surface area contributed by atoms with Gasteiger partial charge in [-0.1, -0.05) is 35.4 Å². The van der Waals surface area contributed by atoms with Crippen LogP contribution in [0.3, 0.4) is 0 Å². The van der Waals surface area contributed by atoms with Crippen molar-refractivity contribution in [3.05, 3.63) is 65.0 Å². The maximum absolute atomic E-state index is 4.36. The van der Waals surface area contributed by atoms with Gasteiger partial charge in [-0.05, 0) is 38.5 Å². The van der Waals surface area contributed by atoms with Crippen LogP contribution in [-0.4, -0.2) is 4.98 Å². The molecule has 0 spiro atoms. The van der Waals surface area contributed by atoms with Crippen LogP contribution in [0.15, 0.2) is 42.6 Å². The van der Waals surface area contributed by atoms with Crippen molar-refractivity contribution in [3.63, 3.8) is 0 Å². The van der Waals surface area contributed by atoms with Gasteiger partial charge in [-0.3, -0.25) is 4.98 Å². The van der Waals surface area contributed by atoms with Gasteiger partial charge in [0.1, 0.15) is 0 Å². The van der Waals surface area contributed by atoms with Crippen molar-refractivity contribution in [1.29, 1.82) is 0 Å². The van der Waals surface area contributed by atoms with Crippen molar-refractivity contribution in [1.82, 2.24) is 10.3 Å². The fourth-order valence-corrected chi connectivity index (χ4v) is 2.18. The maximum Gasteiger partial charge on any atom is 0.0570 e. The average Bonchev–Trinajstić information content (AvgIpc) is 2.36. The van der Waals surface area contributed by atoms with Crippen molar-refractivity contribution in [3.8, 4) is 0 Å². The molecule has 0 aliphatic carbocycles. The van der Waals surface area contributed by atoms with Crippen molar-refractivity contribution < 1.29 is 0 Å². The summed E-state index contributed by atoms with van der Waals surface area (Å²) in [7, 11) is 0. The molecule has 0 amide bonds. The number of aryl methyl sites for hydroxylation is 2. The topological polar surface area (TPSA) is 24.9 Å². The van der Waals surface area contributed by atoms with Gasteiger partial charge < -0.3 is 5.32 Å². The summed E-state index contributed by atoms with van der Waals surface area (Å²) in [6.45, 7) is 7.29. The second-order valence-corrected chi connectivity index (χ2v) is 4.85. The monoisotopic (exact) mass is 240 g/mol. The van der Waals surface area contributed by atoms with E-state index in [-0.39, 0.29) is 6.04 Å². The minimum atomic E-state index is 0.270. The highest BCUT2D eigenvalue weighted by molar-refractivity contribution is 5.28. The Bertz CT molecular complexity index is 486. The molecular formula is C16H20N2. The van der Waals surface area contributed by atoms with Crippen LogP contribution in [0.1, 0.15) is 35.3 Å². The smallest absolute Gasteiger partial charge is 0.0570 e. The molecule has 1 N–H and O–H groups in total. The number of nitrogens with zero attached hydrogens (tertiary/aromatic N) is 1. The molecule has 94 valence electrons.